The van der Waals surface area contributed by atoms with Gasteiger partial charge in [-0.2, -0.15) is 0 Å². The Labute approximate surface area is 148 Å². The lowest BCUT2D eigenvalue weighted by atomic mass is 9.95. The van der Waals surface area contributed by atoms with Crippen molar-refractivity contribution < 1.29 is 9.53 Å². The van der Waals surface area contributed by atoms with E-state index in [0.29, 0.717) is 6.61 Å². The number of aromatic nitrogens is 1. The van der Waals surface area contributed by atoms with Crippen molar-refractivity contribution in [2.24, 2.45) is 0 Å². The standard InChI is InChI=1S/C21H22N2O2/c1-15-9-18(13-22-12-15)17-10-19-7-8-20(11-17)23(19)21(24)25-14-16-5-3-2-4-6-16/h2-6,9-10,12-13,19-20H,7-8,11,14H2,1H3. The third-order valence-electron chi connectivity index (χ3n) is 5.06. The molecule has 4 heteroatoms. The maximum Gasteiger partial charge on any atom is 0.410 e. The van der Waals surface area contributed by atoms with Crippen LogP contribution in [0.2, 0.25) is 0 Å². The maximum absolute atomic E-state index is 12.6. The predicted molar refractivity (Wildman–Crippen MR) is 96.8 cm³/mol. The average Bonchev–Trinajstić information content (AvgIpc) is 2.90. The van der Waals surface area contributed by atoms with Crippen molar-refractivity contribution in [3.8, 4) is 0 Å². The SMILES string of the molecule is Cc1cncc(C2=CC3CCC(C2)N3C(=O)OCc2ccccc2)c1. The van der Waals surface area contributed by atoms with E-state index in [1.54, 1.807) is 0 Å². The number of hydrogen-bond donors (Lipinski definition) is 0. The number of hydrogen-bond acceptors (Lipinski definition) is 3. The Morgan fingerprint density at radius 1 is 1.24 bits per heavy atom. The summed E-state index contributed by atoms with van der Waals surface area (Å²) >= 11 is 0. The molecule has 2 unspecified atom stereocenters. The summed E-state index contributed by atoms with van der Waals surface area (Å²) in [5.41, 5.74) is 4.66. The molecular formula is C21H22N2O2. The number of ether oxygens (including phenoxy) is 1. The molecule has 2 aliphatic heterocycles. The molecule has 2 atom stereocenters. The summed E-state index contributed by atoms with van der Waals surface area (Å²) in [7, 11) is 0. The first kappa shape index (κ1) is 15.9. The lowest BCUT2D eigenvalue weighted by Gasteiger charge is -2.33. The van der Waals surface area contributed by atoms with Crippen LogP contribution in [0.3, 0.4) is 0 Å². The van der Waals surface area contributed by atoms with E-state index in [1.807, 2.05) is 47.6 Å². The van der Waals surface area contributed by atoms with Crippen LogP contribution < -0.4 is 0 Å². The van der Waals surface area contributed by atoms with Gasteiger partial charge in [-0.3, -0.25) is 9.88 Å². The molecule has 0 aliphatic carbocycles. The first-order valence-electron chi connectivity index (χ1n) is 8.82. The number of rotatable bonds is 3. The van der Waals surface area contributed by atoms with E-state index < -0.39 is 0 Å². The molecule has 25 heavy (non-hydrogen) atoms. The number of nitrogens with zero attached hydrogens (tertiary/aromatic N) is 2. The van der Waals surface area contributed by atoms with E-state index in [0.717, 1.165) is 30.4 Å². The van der Waals surface area contributed by atoms with Crippen LogP contribution in [0.4, 0.5) is 4.79 Å². The fraction of sp³-hybridized carbons (Fsp3) is 0.333. The third kappa shape index (κ3) is 3.29. The van der Waals surface area contributed by atoms with Crippen LogP contribution in [0.1, 0.15) is 36.0 Å². The number of pyridine rings is 1. The number of carbonyl (C=O) groups excluding carboxylic acids is 1. The zero-order valence-corrected chi connectivity index (χ0v) is 14.4. The van der Waals surface area contributed by atoms with E-state index in [-0.39, 0.29) is 18.2 Å². The molecule has 1 fully saturated rings. The van der Waals surface area contributed by atoms with Gasteiger partial charge in [0.1, 0.15) is 6.61 Å². The Hall–Kier alpha value is -2.62. The smallest absolute Gasteiger partial charge is 0.410 e. The molecule has 1 amide bonds. The van der Waals surface area contributed by atoms with Crippen molar-refractivity contribution in [1.82, 2.24) is 9.88 Å². The molecule has 3 heterocycles. The van der Waals surface area contributed by atoms with Crippen LogP contribution in [0.25, 0.3) is 5.57 Å². The van der Waals surface area contributed by atoms with E-state index in [9.17, 15) is 4.79 Å². The fourth-order valence-corrected chi connectivity index (χ4v) is 3.85. The summed E-state index contributed by atoms with van der Waals surface area (Å²) in [6.07, 6.45) is 8.73. The van der Waals surface area contributed by atoms with Gasteiger partial charge in [-0.1, -0.05) is 36.4 Å². The van der Waals surface area contributed by atoms with E-state index in [4.69, 9.17) is 4.74 Å². The van der Waals surface area contributed by atoms with E-state index in [2.05, 4.69) is 24.1 Å². The molecule has 1 aromatic heterocycles. The minimum atomic E-state index is -0.200. The average molecular weight is 334 g/mol. The second-order valence-electron chi connectivity index (χ2n) is 6.89. The molecule has 0 N–H and O–H groups in total. The largest absolute Gasteiger partial charge is 0.445 e. The summed E-state index contributed by atoms with van der Waals surface area (Å²) in [6, 6.07) is 12.4. The van der Waals surface area contributed by atoms with Crippen LogP contribution in [-0.4, -0.2) is 28.1 Å². The van der Waals surface area contributed by atoms with Gasteiger partial charge in [0.2, 0.25) is 0 Å². The van der Waals surface area contributed by atoms with Crippen molar-refractivity contribution in [3.63, 3.8) is 0 Å². The van der Waals surface area contributed by atoms with Gasteiger partial charge in [-0.05, 0) is 54.5 Å². The summed E-state index contributed by atoms with van der Waals surface area (Å²) < 4.78 is 5.55. The molecule has 1 saturated heterocycles. The monoisotopic (exact) mass is 334 g/mol. The molecule has 4 rings (SSSR count). The lowest BCUT2D eigenvalue weighted by Crippen LogP contribution is -2.43. The van der Waals surface area contributed by atoms with Crippen molar-refractivity contribution in [2.45, 2.75) is 44.9 Å². The highest BCUT2D eigenvalue weighted by Crippen LogP contribution is 2.38. The minimum absolute atomic E-state index is 0.137. The number of aryl methyl sites for hydroxylation is 1. The molecule has 2 aliphatic rings. The molecule has 1 aromatic carbocycles. The maximum atomic E-state index is 12.6. The first-order valence-corrected chi connectivity index (χ1v) is 8.82. The number of benzene rings is 1. The van der Waals surface area contributed by atoms with E-state index >= 15 is 0 Å². The van der Waals surface area contributed by atoms with Gasteiger partial charge in [0.15, 0.2) is 0 Å². The third-order valence-corrected chi connectivity index (χ3v) is 5.06. The highest BCUT2D eigenvalue weighted by Gasteiger charge is 2.40. The number of amides is 1. The highest BCUT2D eigenvalue weighted by atomic mass is 16.6. The zero-order valence-electron chi connectivity index (χ0n) is 14.4. The minimum Gasteiger partial charge on any atom is -0.445 e. The van der Waals surface area contributed by atoms with Crippen molar-refractivity contribution in [2.75, 3.05) is 0 Å². The number of fused-ring (bicyclic) bond motifs is 2. The second-order valence-corrected chi connectivity index (χ2v) is 6.89. The van der Waals surface area contributed by atoms with Gasteiger partial charge in [0, 0.05) is 18.4 Å². The van der Waals surface area contributed by atoms with E-state index in [1.165, 1.54) is 11.1 Å². The summed E-state index contributed by atoms with van der Waals surface area (Å²) in [4.78, 5) is 18.8. The second kappa shape index (κ2) is 6.71. The molecule has 4 nitrogen and oxygen atoms in total. The molecule has 0 spiro atoms. The van der Waals surface area contributed by atoms with Gasteiger partial charge in [0.05, 0.1) is 6.04 Å². The molecule has 2 aromatic rings. The van der Waals surface area contributed by atoms with Crippen molar-refractivity contribution in [3.05, 3.63) is 71.6 Å². The number of carbonyl (C=O) groups is 1. The van der Waals surface area contributed by atoms with Crippen LogP contribution >= 0.6 is 0 Å². The van der Waals surface area contributed by atoms with Crippen LogP contribution in [-0.2, 0) is 11.3 Å². The predicted octanol–water partition coefficient (Wildman–Crippen LogP) is 4.35. The van der Waals surface area contributed by atoms with Gasteiger partial charge in [0.25, 0.3) is 0 Å². The molecule has 0 radical (unpaired) electrons. The summed E-state index contributed by atoms with van der Waals surface area (Å²) in [5, 5.41) is 0. The molecular weight excluding hydrogens is 312 g/mol. The quantitative estimate of drug-likeness (QED) is 0.838. The Morgan fingerprint density at radius 2 is 2.08 bits per heavy atom. The zero-order chi connectivity index (χ0) is 17.2. The Kier molecular flexibility index (Phi) is 4.26. The highest BCUT2D eigenvalue weighted by molar-refractivity contribution is 5.74. The van der Waals surface area contributed by atoms with Crippen molar-refractivity contribution in [1.29, 1.82) is 0 Å². The van der Waals surface area contributed by atoms with Gasteiger partial charge < -0.3 is 4.74 Å². The summed E-state index contributed by atoms with van der Waals surface area (Å²) in [5.74, 6) is 0. The van der Waals surface area contributed by atoms with Crippen molar-refractivity contribution >= 4 is 11.7 Å². The molecule has 2 bridgehead atoms. The van der Waals surface area contributed by atoms with Gasteiger partial charge in [-0.15, -0.1) is 0 Å². The fourth-order valence-electron chi connectivity index (χ4n) is 3.85. The van der Waals surface area contributed by atoms with Gasteiger partial charge in [-0.25, -0.2) is 4.79 Å². The summed E-state index contributed by atoms with van der Waals surface area (Å²) in [6.45, 7) is 2.38. The van der Waals surface area contributed by atoms with Crippen LogP contribution in [0.5, 0.6) is 0 Å². The normalized spacial score (nSPS) is 21.8. The lowest BCUT2D eigenvalue weighted by molar-refractivity contribution is 0.0832. The first-order chi connectivity index (χ1) is 12.2. The topological polar surface area (TPSA) is 42.4 Å². The molecule has 0 saturated carbocycles. The van der Waals surface area contributed by atoms with Crippen LogP contribution in [0, 0.1) is 6.92 Å². The Balaban J connectivity index is 1.47. The molecule has 128 valence electrons. The Morgan fingerprint density at radius 3 is 2.84 bits per heavy atom. The van der Waals surface area contributed by atoms with Crippen LogP contribution in [0.15, 0.2) is 54.9 Å². The Bertz CT molecular complexity index is 801. The van der Waals surface area contributed by atoms with Gasteiger partial charge >= 0.3 is 6.09 Å².